The molecule has 3 heterocycles. The lowest BCUT2D eigenvalue weighted by Crippen LogP contribution is -2.61. The van der Waals surface area contributed by atoms with Crippen LogP contribution in [-0.2, 0) is 11.2 Å². The number of aryl methyl sites for hydroxylation is 2. The van der Waals surface area contributed by atoms with Crippen LogP contribution in [0.4, 0.5) is 4.79 Å². The fraction of sp³-hybridized carbons (Fsp3) is 0.722. The van der Waals surface area contributed by atoms with Gasteiger partial charge in [0.05, 0.1) is 18.8 Å². The van der Waals surface area contributed by atoms with E-state index in [-0.39, 0.29) is 18.2 Å². The van der Waals surface area contributed by atoms with Crippen LogP contribution in [0, 0.1) is 6.92 Å². The SMILES string of the molecule is Cc1ccc(CC[C@H](C)NC(=O)N2CC[C@@H]3OCCN(C)[C@H]3C2)o1. The maximum Gasteiger partial charge on any atom is 0.317 e. The van der Waals surface area contributed by atoms with Crippen molar-refractivity contribution in [2.75, 3.05) is 33.3 Å². The Morgan fingerprint density at radius 3 is 3.00 bits per heavy atom. The van der Waals surface area contributed by atoms with E-state index >= 15 is 0 Å². The van der Waals surface area contributed by atoms with E-state index in [4.69, 9.17) is 9.15 Å². The highest BCUT2D eigenvalue weighted by Gasteiger charge is 2.36. The van der Waals surface area contributed by atoms with E-state index in [1.807, 2.05) is 24.0 Å². The minimum Gasteiger partial charge on any atom is -0.466 e. The van der Waals surface area contributed by atoms with Gasteiger partial charge < -0.3 is 19.4 Å². The number of likely N-dealkylation sites (tertiary alicyclic amines) is 1. The smallest absolute Gasteiger partial charge is 0.317 e. The molecule has 2 aliphatic heterocycles. The third-order valence-electron chi connectivity index (χ3n) is 5.14. The second kappa shape index (κ2) is 7.57. The van der Waals surface area contributed by atoms with Gasteiger partial charge in [0.1, 0.15) is 11.5 Å². The van der Waals surface area contributed by atoms with Crippen molar-refractivity contribution in [2.24, 2.45) is 0 Å². The molecule has 2 saturated heterocycles. The number of hydrogen-bond acceptors (Lipinski definition) is 4. The molecular formula is C18H29N3O3. The molecule has 0 radical (unpaired) electrons. The minimum atomic E-state index is 0.0375. The van der Waals surface area contributed by atoms with Crippen LogP contribution in [0.15, 0.2) is 16.5 Å². The number of likely N-dealkylation sites (N-methyl/N-ethyl adjacent to an activating group) is 1. The Hall–Kier alpha value is -1.53. The Morgan fingerprint density at radius 2 is 2.25 bits per heavy atom. The Kier molecular flexibility index (Phi) is 5.46. The summed E-state index contributed by atoms with van der Waals surface area (Å²) >= 11 is 0. The van der Waals surface area contributed by atoms with Crippen molar-refractivity contribution in [3.8, 4) is 0 Å². The van der Waals surface area contributed by atoms with E-state index in [1.54, 1.807) is 0 Å². The molecule has 0 aliphatic carbocycles. The number of morpholine rings is 1. The van der Waals surface area contributed by atoms with Crippen LogP contribution in [0.1, 0.15) is 31.3 Å². The van der Waals surface area contributed by atoms with Gasteiger partial charge in [0.2, 0.25) is 0 Å². The molecule has 0 saturated carbocycles. The molecule has 3 rings (SSSR count). The van der Waals surface area contributed by atoms with Crippen molar-refractivity contribution in [1.82, 2.24) is 15.1 Å². The molecule has 1 aromatic heterocycles. The van der Waals surface area contributed by atoms with E-state index in [0.717, 1.165) is 57.0 Å². The number of hydrogen-bond donors (Lipinski definition) is 1. The molecule has 6 heteroatoms. The van der Waals surface area contributed by atoms with Gasteiger partial charge in [-0.15, -0.1) is 0 Å². The molecule has 134 valence electrons. The van der Waals surface area contributed by atoms with Crippen molar-refractivity contribution in [1.29, 1.82) is 0 Å². The number of carbonyl (C=O) groups is 1. The van der Waals surface area contributed by atoms with Crippen LogP contribution >= 0.6 is 0 Å². The monoisotopic (exact) mass is 335 g/mol. The van der Waals surface area contributed by atoms with Crippen LogP contribution in [0.2, 0.25) is 0 Å². The number of amides is 2. The Balaban J connectivity index is 1.45. The third-order valence-corrected chi connectivity index (χ3v) is 5.14. The fourth-order valence-corrected chi connectivity index (χ4v) is 3.58. The first-order chi connectivity index (χ1) is 11.5. The molecule has 6 nitrogen and oxygen atoms in total. The van der Waals surface area contributed by atoms with Crippen molar-refractivity contribution in [2.45, 2.75) is 51.3 Å². The van der Waals surface area contributed by atoms with Gasteiger partial charge in [-0.25, -0.2) is 4.79 Å². The van der Waals surface area contributed by atoms with Crippen LogP contribution in [-0.4, -0.2) is 67.3 Å². The summed E-state index contributed by atoms with van der Waals surface area (Å²) in [6, 6.07) is 4.47. The number of urea groups is 1. The molecule has 0 bridgehead atoms. The standard InChI is InChI=1S/C18H29N3O3/c1-13(4-6-15-7-5-14(2)24-15)19-18(22)21-9-8-17-16(12-21)20(3)10-11-23-17/h5,7,13,16-17H,4,6,8-12H2,1-3H3,(H,19,22)/t13-,16-,17-/m0/s1. The van der Waals surface area contributed by atoms with Crippen molar-refractivity contribution >= 4 is 6.03 Å². The molecule has 2 fully saturated rings. The molecule has 2 amide bonds. The number of carbonyl (C=O) groups excluding carboxylic acids is 1. The summed E-state index contributed by atoms with van der Waals surface area (Å²) in [5.74, 6) is 1.92. The Bertz CT molecular complexity index is 559. The highest BCUT2D eigenvalue weighted by molar-refractivity contribution is 5.74. The van der Waals surface area contributed by atoms with Gasteiger partial charge >= 0.3 is 6.03 Å². The predicted octanol–water partition coefficient (Wildman–Crippen LogP) is 2.02. The van der Waals surface area contributed by atoms with Gasteiger partial charge in [0.25, 0.3) is 0 Å². The number of piperidine rings is 1. The first kappa shape index (κ1) is 17.3. The van der Waals surface area contributed by atoms with Gasteiger partial charge in [-0.2, -0.15) is 0 Å². The normalized spacial score (nSPS) is 26.0. The summed E-state index contributed by atoms with van der Waals surface area (Å²) in [5, 5.41) is 3.12. The Labute approximate surface area is 144 Å². The molecule has 3 atom stereocenters. The van der Waals surface area contributed by atoms with Gasteiger partial charge in [-0.1, -0.05) is 0 Å². The van der Waals surface area contributed by atoms with Crippen molar-refractivity contribution < 1.29 is 13.9 Å². The first-order valence-corrected chi connectivity index (χ1v) is 8.95. The summed E-state index contributed by atoms with van der Waals surface area (Å²) in [6.07, 6.45) is 2.91. The average molecular weight is 335 g/mol. The summed E-state index contributed by atoms with van der Waals surface area (Å²) in [5.41, 5.74) is 0. The van der Waals surface area contributed by atoms with Gasteiger partial charge in [-0.3, -0.25) is 4.90 Å². The van der Waals surface area contributed by atoms with Gasteiger partial charge in [-0.05, 0) is 45.9 Å². The maximum absolute atomic E-state index is 12.5. The quantitative estimate of drug-likeness (QED) is 0.915. The van der Waals surface area contributed by atoms with E-state index in [0.29, 0.717) is 6.04 Å². The zero-order chi connectivity index (χ0) is 17.1. The number of nitrogens with zero attached hydrogens (tertiary/aromatic N) is 2. The lowest BCUT2D eigenvalue weighted by atomic mass is 9.99. The van der Waals surface area contributed by atoms with E-state index in [1.165, 1.54) is 0 Å². The molecule has 2 aliphatic rings. The van der Waals surface area contributed by atoms with Crippen LogP contribution < -0.4 is 5.32 Å². The van der Waals surface area contributed by atoms with Gasteiger partial charge in [0, 0.05) is 32.1 Å². The predicted molar refractivity (Wildman–Crippen MR) is 92.1 cm³/mol. The summed E-state index contributed by atoms with van der Waals surface area (Å²) in [7, 11) is 2.12. The lowest BCUT2D eigenvalue weighted by Gasteiger charge is -2.45. The molecule has 0 aromatic carbocycles. The van der Waals surface area contributed by atoms with Crippen molar-refractivity contribution in [3.63, 3.8) is 0 Å². The van der Waals surface area contributed by atoms with Crippen LogP contribution in [0.3, 0.4) is 0 Å². The summed E-state index contributed by atoms with van der Waals surface area (Å²) in [6.45, 7) is 7.26. The fourth-order valence-electron chi connectivity index (χ4n) is 3.58. The lowest BCUT2D eigenvalue weighted by molar-refractivity contribution is -0.0882. The van der Waals surface area contributed by atoms with Crippen molar-refractivity contribution in [3.05, 3.63) is 23.7 Å². The summed E-state index contributed by atoms with van der Waals surface area (Å²) in [4.78, 5) is 16.8. The van der Waals surface area contributed by atoms with E-state index in [9.17, 15) is 4.79 Å². The Morgan fingerprint density at radius 1 is 1.42 bits per heavy atom. The minimum absolute atomic E-state index is 0.0375. The molecule has 0 unspecified atom stereocenters. The zero-order valence-corrected chi connectivity index (χ0v) is 15.0. The highest BCUT2D eigenvalue weighted by Crippen LogP contribution is 2.22. The third kappa shape index (κ3) is 4.11. The van der Waals surface area contributed by atoms with E-state index in [2.05, 4.69) is 24.2 Å². The van der Waals surface area contributed by atoms with Crippen LogP contribution in [0.25, 0.3) is 0 Å². The zero-order valence-electron chi connectivity index (χ0n) is 15.0. The number of ether oxygens (including phenoxy) is 1. The largest absolute Gasteiger partial charge is 0.466 e. The topological polar surface area (TPSA) is 58.0 Å². The number of nitrogens with one attached hydrogen (secondary N) is 1. The molecule has 1 aromatic rings. The number of fused-ring (bicyclic) bond motifs is 1. The average Bonchev–Trinajstić information content (AvgIpc) is 2.98. The second-order valence-corrected chi connectivity index (χ2v) is 7.09. The molecule has 0 spiro atoms. The van der Waals surface area contributed by atoms with Crippen LogP contribution in [0.5, 0.6) is 0 Å². The maximum atomic E-state index is 12.5. The van der Waals surface area contributed by atoms with Gasteiger partial charge in [0.15, 0.2) is 0 Å². The summed E-state index contributed by atoms with van der Waals surface area (Å²) < 4.78 is 11.4. The molecular weight excluding hydrogens is 306 g/mol. The first-order valence-electron chi connectivity index (χ1n) is 8.95. The second-order valence-electron chi connectivity index (χ2n) is 7.09. The number of furan rings is 1. The van der Waals surface area contributed by atoms with E-state index < -0.39 is 0 Å². The molecule has 1 N–H and O–H groups in total. The molecule has 24 heavy (non-hydrogen) atoms. The highest BCUT2D eigenvalue weighted by atomic mass is 16.5. The number of rotatable bonds is 4.